The Morgan fingerprint density at radius 3 is 2.42 bits per heavy atom. The van der Waals surface area contributed by atoms with E-state index in [0.717, 1.165) is 5.56 Å². The molecule has 0 bridgehead atoms. The van der Waals surface area contributed by atoms with E-state index in [1.165, 1.54) is 6.07 Å². The molecule has 0 atom stereocenters. The molecule has 2 aromatic carbocycles. The Balaban J connectivity index is 2.58. The van der Waals surface area contributed by atoms with Crippen molar-refractivity contribution < 1.29 is 14.7 Å². The van der Waals surface area contributed by atoms with Gasteiger partial charge in [-0.2, -0.15) is 0 Å². The van der Waals surface area contributed by atoms with Crippen molar-refractivity contribution in [1.29, 1.82) is 0 Å². The summed E-state index contributed by atoms with van der Waals surface area (Å²) in [7, 11) is 0. The van der Waals surface area contributed by atoms with Gasteiger partial charge in [0.2, 0.25) is 0 Å². The molecule has 19 heavy (non-hydrogen) atoms. The molecule has 0 saturated carbocycles. The Hall–Kier alpha value is -2.36. The highest BCUT2D eigenvalue weighted by atomic mass is 19.1. The number of alkyl halides is 1. The third-order valence-corrected chi connectivity index (χ3v) is 3.11. The summed E-state index contributed by atoms with van der Waals surface area (Å²) < 4.78 is 12.9. The first-order chi connectivity index (χ1) is 9.19. The van der Waals surface area contributed by atoms with Gasteiger partial charge in [-0.05, 0) is 24.6 Å². The molecule has 0 aliphatic heterocycles. The van der Waals surface area contributed by atoms with Crippen molar-refractivity contribution >= 4 is 5.71 Å². The van der Waals surface area contributed by atoms with E-state index in [1.54, 1.807) is 25.1 Å². The van der Waals surface area contributed by atoms with E-state index in [0.29, 0.717) is 16.8 Å². The highest BCUT2D eigenvalue weighted by Gasteiger charge is 2.15. The van der Waals surface area contributed by atoms with Crippen molar-refractivity contribution in [2.45, 2.75) is 13.6 Å². The van der Waals surface area contributed by atoms with Crippen LogP contribution in [0.3, 0.4) is 0 Å². The lowest BCUT2D eigenvalue weighted by atomic mass is 9.95. The molecule has 0 fully saturated rings. The number of phenolic OH excluding ortho intramolecular Hbond substituents is 1. The van der Waals surface area contributed by atoms with Crippen LogP contribution in [0.15, 0.2) is 47.6 Å². The van der Waals surface area contributed by atoms with Gasteiger partial charge in [-0.15, -0.1) is 0 Å². The Labute approximate surface area is 110 Å². The van der Waals surface area contributed by atoms with Crippen LogP contribution in [0.1, 0.15) is 22.3 Å². The van der Waals surface area contributed by atoms with E-state index in [-0.39, 0.29) is 11.3 Å². The molecule has 2 rings (SSSR count). The van der Waals surface area contributed by atoms with E-state index in [2.05, 4.69) is 5.16 Å². The summed E-state index contributed by atoms with van der Waals surface area (Å²) in [4.78, 5) is 0. The topological polar surface area (TPSA) is 52.8 Å². The number of nitrogens with zero attached hydrogens (tertiary/aromatic N) is 1. The van der Waals surface area contributed by atoms with Crippen LogP contribution in [-0.2, 0) is 6.67 Å². The van der Waals surface area contributed by atoms with E-state index >= 15 is 0 Å². The van der Waals surface area contributed by atoms with Gasteiger partial charge < -0.3 is 10.3 Å². The molecule has 0 radical (unpaired) electrons. The normalized spacial score (nSPS) is 11.6. The summed E-state index contributed by atoms with van der Waals surface area (Å²) in [6.07, 6.45) is 0. The number of oxime groups is 1. The standard InChI is InChI=1S/C15H14FNO2/c1-10-12(7-8-14(18)13(10)9-16)15(17-19)11-5-3-2-4-6-11/h2-8,18-19H,9H2,1H3/b17-15+. The summed E-state index contributed by atoms with van der Waals surface area (Å²) >= 11 is 0. The number of hydrogen-bond donors (Lipinski definition) is 2. The smallest absolute Gasteiger partial charge is 0.121 e. The highest BCUT2D eigenvalue weighted by Crippen LogP contribution is 2.26. The van der Waals surface area contributed by atoms with Gasteiger partial charge in [-0.25, -0.2) is 4.39 Å². The first-order valence-corrected chi connectivity index (χ1v) is 5.84. The van der Waals surface area contributed by atoms with Gasteiger partial charge in [0.1, 0.15) is 18.1 Å². The minimum absolute atomic E-state index is 0.0888. The Morgan fingerprint density at radius 2 is 1.84 bits per heavy atom. The first kappa shape index (κ1) is 13.1. The summed E-state index contributed by atoms with van der Waals surface area (Å²) in [5.41, 5.74) is 2.46. The number of aromatic hydroxyl groups is 1. The number of hydrogen-bond acceptors (Lipinski definition) is 3. The molecule has 4 heteroatoms. The predicted octanol–water partition coefficient (Wildman–Crippen LogP) is 3.40. The van der Waals surface area contributed by atoms with Crippen LogP contribution < -0.4 is 0 Å². The second kappa shape index (κ2) is 5.52. The number of phenols is 1. The molecule has 98 valence electrons. The molecule has 0 aromatic heterocycles. The largest absolute Gasteiger partial charge is 0.508 e. The molecule has 0 heterocycles. The lowest BCUT2D eigenvalue weighted by Gasteiger charge is -2.12. The fourth-order valence-electron chi connectivity index (χ4n) is 2.03. The number of benzene rings is 2. The zero-order chi connectivity index (χ0) is 13.8. The maximum atomic E-state index is 12.9. The molecule has 0 saturated heterocycles. The molecule has 0 unspecified atom stereocenters. The summed E-state index contributed by atoms with van der Waals surface area (Å²) in [5.74, 6) is -0.0888. The number of halogens is 1. The summed E-state index contributed by atoms with van der Waals surface area (Å²) in [6.45, 7) is 0.928. The zero-order valence-corrected chi connectivity index (χ0v) is 10.5. The van der Waals surface area contributed by atoms with Gasteiger partial charge >= 0.3 is 0 Å². The van der Waals surface area contributed by atoms with Gasteiger partial charge in [0.25, 0.3) is 0 Å². The lowest BCUT2D eigenvalue weighted by molar-refractivity contribution is 0.319. The van der Waals surface area contributed by atoms with Crippen LogP contribution in [0.5, 0.6) is 5.75 Å². The van der Waals surface area contributed by atoms with E-state index < -0.39 is 6.67 Å². The minimum atomic E-state index is -0.765. The SMILES string of the molecule is Cc1c(/C(=N/O)c2ccccc2)ccc(O)c1CF. The second-order valence-electron chi connectivity index (χ2n) is 4.18. The molecule has 3 nitrogen and oxygen atoms in total. The molecule has 2 aromatic rings. The fourth-order valence-corrected chi connectivity index (χ4v) is 2.03. The van der Waals surface area contributed by atoms with Crippen LogP contribution in [0.4, 0.5) is 4.39 Å². The number of rotatable bonds is 3. The molecule has 0 aliphatic carbocycles. The summed E-state index contributed by atoms with van der Waals surface area (Å²) in [6, 6.07) is 12.1. The summed E-state index contributed by atoms with van der Waals surface area (Å²) in [5, 5.41) is 22.1. The van der Waals surface area contributed by atoms with Crippen LogP contribution in [0.25, 0.3) is 0 Å². The van der Waals surface area contributed by atoms with Gasteiger partial charge in [-0.1, -0.05) is 35.5 Å². The van der Waals surface area contributed by atoms with Crippen LogP contribution in [0.2, 0.25) is 0 Å². The molecule has 2 N–H and O–H groups in total. The average Bonchev–Trinajstić information content (AvgIpc) is 2.44. The van der Waals surface area contributed by atoms with Crippen LogP contribution in [0, 0.1) is 6.92 Å². The predicted molar refractivity (Wildman–Crippen MR) is 71.5 cm³/mol. The fraction of sp³-hybridized carbons (Fsp3) is 0.133. The zero-order valence-electron chi connectivity index (χ0n) is 10.5. The second-order valence-corrected chi connectivity index (χ2v) is 4.18. The Morgan fingerprint density at radius 1 is 1.16 bits per heavy atom. The van der Waals surface area contributed by atoms with Gasteiger partial charge in [0.15, 0.2) is 0 Å². The molecular formula is C15H14FNO2. The third kappa shape index (κ3) is 2.42. The van der Waals surface area contributed by atoms with Crippen LogP contribution in [-0.4, -0.2) is 16.0 Å². The van der Waals surface area contributed by atoms with E-state index in [4.69, 9.17) is 0 Å². The lowest BCUT2D eigenvalue weighted by Crippen LogP contribution is -2.07. The van der Waals surface area contributed by atoms with E-state index in [9.17, 15) is 14.7 Å². The van der Waals surface area contributed by atoms with Gasteiger partial charge in [0.05, 0.1) is 0 Å². The quantitative estimate of drug-likeness (QED) is 0.504. The van der Waals surface area contributed by atoms with Crippen LogP contribution >= 0.6 is 0 Å². The van der Waals surface area contributed by atoms with E-state index in [1.807, 2.05) is 18.2 Å². The first-order valence-electron chi connectivity index (χ1n) is 5.84. The average molecular weight is 259 g/mol. The maximum absolute atomic E-state index is 12.9. The highest BCUT2D eigenvalue weighted by molar-refractivity contribution is 6.13. The molecule has 0 aliphatic rings. The van der Waals surface area contributed by atoms with Gasteiger partial charge in [-0.3, -0.25) is 0 Å². The van der Waals surface area contributed by atoms with Crippen molar-refractivity contribution in [3.8, 4) is 5.75 Å². The maximum Gasteiger partial charge on any atom is 0.121 e. The van der Waals surface area contributed by atoms with Crippen molar-refractivity contribution in [1.82, 2.24) is 0 Å². The van der Waals surface area contributed by atoms with Crippen molar-refractivity contribution in [3.63, 3.8) is 0 Å². The third-order valence-electron chi connectivity index (χ3n) is 3.11. The van der Waals surface area contributed by atoms with Crippen molar-refractivity contribution in [3.05, 3.63) is 64.7 Å². The Kier molecular flexibility index (Phi) is 3.80. The van der Waals surface area contributed by atoms with Gasteiger partial charge in [0, 0.05) is 16.7 Å². The van der Waals surface area contributed by atoms with Crippen molar-refractivity contribution in [2.75, 3.05) is 0 Å². The molecular weight excluding hydrogens is 245 g/mol. The minimum Gasteiger partial charge on any atom is -0.508 e. The molecule has 0 amide bonds. The monoisotopic (exact) mass is 259 g/mol. The van der Waals surface area contributed by atoms with Crippen molar-refractivity contribution in [2.24, 2.45) is 5.16 Å². The Bertz CT molecular complexity index is 609. The molecule has 0 spiro atoms.